The maximum atomic E-state index is 12.2. The van der Waals surface area contributed by atoms with Crippen molar-refractivity contribution in [2.45, 2.75) is 37.6 Å². The number of sulfonamides is 1. The van der Waals surface area contributed by atoms with E-state index in [2.05, 4.69) is 4.72 Å². The van der Waals surface area contributed by atoms with Gasteiger partial charge in [0.1, 0.15) is 0 Å². The molecule has 0 heterocycles. The van der Waals surface area contributed by atoms with Gasteiger partial charge < -0.3 is 5.73 Å². The Balaban J connectivity index is 3.03. The fourth-order valence-electron chi connectivity index (χ4n) is 1.74. The lowest BCUT2D eigenvalue weighted by Gasteiger charge is -2.17. The van der Waals surface area contributed by atoms with Crippen LogP contribution >= 0.6 is 11.6 Å². The van der Waals surface area contributed by atoms with E-state index in [1.54, 1.807) is 25.1 Å². The van der Waals surface area contributed by atoms with Crippen LogP contribution in [0.25, 0.3) is 0 Å². The minimum absolute atomic E-state index is 0.213. The first-order chi connectivity index (χ1) is 8.42. The third-order valence-electron chi connectivity index (χ3n) is 2.75. The molecule has 0 bridgehead atoms. The van der Waals surface area contributed by atoms with Crippen molar-refractivity contribution in [3.05, 3.63) is 28.8 Å². The lowest BCUT2D eigenvalue weighted by molar-refractivity contribution is 0.527. The largest absolute Gasteiger partial charge is 0.329 e. The number of halogens is 1. The second-order valence-electron chi connectivity index (χ2n) is 4.21. The first-order valence-electron chi connectivity index (χ1n) is 5.90. The summed E-state index contributed by atoms with van der Waals surface area (Å²) in [6.45, 7) is 3.96. The van der Waals surface area contributed by atoms with E-state index in [9.17, 15) is 8.42 Å². The van der Waals surface area contributed by atoms with Crippen molar-refractivity contribution in [1.29, 1.82) is 0 Å². The number of rotatable bonds is 6. The lowest BCUT2D eigenvalue weighted by atomic mass is 10.2. The van der Waals surface area contributed by atoms with Crippen LogP contribution in [0.4, 0.5) is 0 Å². The zero-order chi connectivity index (χ0) is 13.8. The molecule has 0 fully saturated rings. The molecule has 0 saturated carbocycles. The summed E-state index contributed by atoms with van der Waals surface area (Å²) in [5.41, 5.74) is 6.11. The zero-order valence-corrected chi connectivity index (χ0v) is 12.2. The molecule has 0 saturated heterocycles. The van der Waals surface area contributed by atoms with Crippen molar-refractivity contribution >= 4 is 21.6 Å². The highest BCUT2D eigenvalue weighted by Gasteiger charge is 2.21. The van der Waals surface area contributed by atoms with Crippen molar-refractivity contribution in [1.82, 2.24) is 4.72 Å². The highest BCUT2D eigenvalue weighted by molar-refractivity contribution is 7.89. The summed E-state index contributed by atoms with van der Waals surface area (Å²) >= 11 is 5.93. The molecule has 1 aromatic rings. The average Bonchev–Trinajstić information content (AvgIpc) is 2.31. The normalized spacial score (nSPS) is 13.6. The maximum Gasteiger partial charge on any atom is 0.241 e. The SMILES string of the molecule is CCCC(CN)NS(=O)(=O)c1cccc(Cl)c1C. The Morgan fingerprint density at radius 3 is 2.67 bits per heavy atom. The standard InChI is InChI=1S/C12H19ClN2O2S/c1-3-5-10(8-14)15-18(16,17)12-7-4-6-11(13)9(12)2/h4,6-7,10,15H,3,5,8,14H2,1-2H3. The molecule has 0 aromatic heterocycles. The number of nitrogens with one attached hydrogen (secondary N) is 1. The molecular formula is C12H19ClN2O2S. The van der Waals surface area contributed by atoms with Gasteiger partial charge in [-0.25, -0.2) is 13.1 Å². The molecule has 0 radical (unpaired) electrons. The first-order valence-corrected chi connectivity index (χ1v) is 7.76. The smallest absolute Gasteiger partial charge is 0.241 e. The third kappa shape index (κ3) is 3.68. The van der Waals surface area contributed by atoms with E-state index < -0.39 is 10.0 Å². The van der Waals surface area contributed by atoms with Crippen LogP contribution in [0.15, 0.2) is 23.1 Å². The Labute approximate surface area is 114 Å². The van der Waals surface area contributed by atoms with Crippen molar-refractivity contribution in [2.24, 2.45) is 5.73 Å². The molecule has 1 unspecified atom stereocenters. The number of hydrogen-bond acceptors (Lipinski definition) is 3. The molecule has 1 aromatic carbocycles. The summed E-state index contributed by atoms with van der Waals surface area (Å²) in [6.07, 6.45) is 1.59. The topological polar surface area (TPSA) is 72.2 Å². The van der Waals surface area contributed by atoms with Gasteiger partial charge in [-0.15, -0.1) is 0 Å². The van der Waals surface area contributed by atoms with Crippen LogP contribution in [-0.4, -0.2) is 21.0 Å². The molecule has 1 atom stereocenters. The van der Waals surface area contributed by atoms with E-state index in [1.807, 2.05) is 6.92 Å². The van der Waals surface area contributed by atoms with Gasteiger partial charge in [0.25, 0.3) is 0 Å². The first kappa shape index (κ1) is 15.4. The highest BCUT2D eigenvalue weighted by atomic mass is 35.5. The fraction of sp³-hybridized carbons (Fsp3) is 0.500. The van der Waals surface area contributed by atoms with Crippen molar-refractivity contribution in [3.8, 4) is 0 Å². The van der Waals surface area contributed by atoms with Gasteiger partial charge in [0, 0.05) is 17.6 Å². The van der Waals surface area contributed by atoms with E-state index in [4.69, 9.17) is 17.3 Å². The molecule has 102 valence electrons. The van der Waals surface area contributed by atoms with E-state index in [0.717, 1.165) is 12.8 Å². The Hall–Kier alpha value is -0.620. The molecular weight excluding hydrogens is 272 g/mol. The van der Waals surface area contributed by atoms with Gasteiger partial charge in [-0.3, -0.25) is 0 Å². The molecule has 6 heteroatoms. The molecule has 0 aliphatic carbocycles. The van der Waals surface area contributed by atoms with Crippen LogP contribution in [0.1, 0.15) is 25.3 Å². The quantitative estimate of drug-likeness (QED) is 0.842. The van der Waals surface area contributed by atoms with E-state index in [0.29, 0.717) is 10.6 Å². The summed E-state index contributed by atoms with van der Waals surface area (Å²) in [6, 6.07) is 4.60. The molecule has 1 rings (SSSR count). The van der Waals surface area contributed by atoms with Crippen LogP contribution in [-0.2, 0) is 10.0 Å². The maximum absolute atomic E-state index is 12.2. The summed E-state index contributed by atoms with van der Waals surface area (Å²) in [7, 11) is -3.56. The van der Waals surface area contributed by atoms with Crippen LogP contribution in [0.3, 0.4) is 0 Å². The zero-order valence-electron chi connectivity index (χ0n) is 10.6. The van der Waals surface area contributed by atoms with Gasteiger partial charge in [-0.2, -0.15) is 0 Å². The van der Waals surface area contributed by atoms with Crippen LogP contribution in [0.2, 0.25) is 5.02 Å². The molecule has 3 N–H and O–H groups in total. The van der Waals surface area contributed by atoms with Gasteiger partial charge in [-0.05, 0) is 31.0 Å². The number of nitrogens with two attached hydrogens (primary N) is 1. The van der Waals surface area contributed by atoms with E-state index >= 15 is 0 Å². The van der Waals surface area contributed by atoms with E-state index in [1.165, 1.54) is 0 Å². The minimum Gasteiger partial charge on any atom is -0.329 e. The minimum atomic E-state index is -3.56. The van der Waals surface area contributed by atoms with Gasteiger partial charge in [0.15, 0.2) is 0 Å². The third-order valence-corrected chi connectivity index (χ3v) is 4.83. The van der Waals surface area contributed by atoms with Crippen LogP contribution in [0, 0.1) is 6.92 Å². The van der Waals surface area contributed by atoms with Crippen molar-refractivity contribution < 1.29 is 8.42 Å². The lowest BCUT2D eigenvalue weighted by Crippen LogP contribution is -2.40. The Morgan fingerprint density at radius 2 is 2.11 bits per heavy atom. The summed E-state index contributed by atoms with van der Waals surface area (Å²) in [5.74, 6) is 0. The Morgan fingerprint density at radius 1 is 1.44 bits per heavy atom. The van der Waals surface area contributed by atoms with Crippen molar-refractivity contribution in [2.75, 3.05) is 6.54 Å². The predicted molar refractivity (Wildman–Crippen MR) is 74.3 cm³/mol. The molecule has 0 spiro atoms. The molecule has 4 nitrogen and oxygen atoms in total. The summed E-state index contributed by atoms with van der Waals surface area (Å²) < 4.78 is 27.1. The van der Waals surface area contributed by atoms with Gasteiger partial charge >= 0.3 is 0 Å². The highest BCUT2D eigenvalue weighted by Crippen LogP contribution is 2.22. The van der Waals surface area contributed by atoms with Gasteiger partial charge in [-0.1, -0.05) is 31.0 Å². The second-order valence-corrected chi connectivity index (χ2v) is 6.30. The van der Waals surface area contributed by atoms with Crippen molar-refractivity contribution in [3.63, 3.8) is 0 Å². The van der Waals surface area contributed by atoms with Gasteiger partial charge in [0.05, 0.1) is 4.90 Å². The number of hydrogen-bond donors (Lipinski definition) is 2. The fourth-order valence-corrected chi connectivity index (χ4v) is 3.52. The Kier molecular flexibility index (Phi) is 5.59. The predicted octanol–water partition coefficient (Wildman–Crippen LogP) is 2.05. The Bertz CT molecular complexity index is 503. The summed E-state index contributed by atoms with van der Waals surface area (Å²) in [5, 5.41) is 0.442. The molecule has 0 aliphatic rings. The van der Waals surface area contributed by atoms with Crippen LogP contribution in [0.5, 0.6) is 0 Å². The monoisotopic (exact) mass is 290 g/mol. The van der Waals surface area contributed by atoms with Gasteiger partial charge in [0.2, 0.25) is 10.0 Å². The molecule has 18 heavy (non-hydrogen) atoms. The average molecular weight is 291 g/mol. The molecule has 0 amide bonds. The molecule has 0 aliphatic heterocycles. The number of benzene rings is 1. The van der Waals surface area contributed by atoms with Crippen LogP contribution < -0.4 is 10.5 Å². The summed E-state index contributed by atoms with van der Waals surface area (Å²) in [4.78, 5) is 0.213. The van der Waals surface area contributed by atoms with E-state index in [-0.39, 0.29) is 17.5 Å². The second kappa shape index (κ2) is 6.52.